The molecule has 0 saturated carbocycles. The van der Waals surface area contributed by atoms with E-state index in [1.807, 2.05) is 48.0 Å². The molecule has 1 aromatic heterocycles. The summed E-state index contributed by atoms with van der Waals surface area (Å²) in [6.07, 6.45) is 0.340. The molecule has 0 radical (unpaired) electrons. The molecule has 0 fully saturated rings. The number of thiophene rings is 1. The highest BCUT2D eigenvalue weighted by Gasteiger charge is 2.24. The third kappa shape index (κ3) is 3.68. The first-order chi connectivity index (χ1) is 9.49. The lowest BCUT2D eigenvalue weighted by molar-refractivity contribution is -0.121. The Morgan fingerprint density at radius 2 is 2.10 bits per heavy atom. The summed E-state index contributed by atoms with van der Waals surface area (Å²) >= 11 is 1.53. The molecule has 0 spiro atoms. The zero-order chi connectivity index (χ0) is 14.6. The van der Waals surface area contributed by atoms with Gasteiger partial charge >= 0.3 is 0 Å². The van der Waals surface area contributed by atoms with Crippen LogP contribution in [0.2, 0.25) is 0 Å². The Morgan fingerprint density at radius 3 is 2.75 bits per heavy atom. The summed E-state index contributed by atoms with van der Waals surface area (Å²) in [5.74, 6) is -0.0743. The van der Waals surface area contributed by atoms with E-state index in [0.29, 0.717) is 6.42 Å². The molecule has 1 heterocycles. The number of nitrogens with one attached hydrogen (secondary N) is 1. The molecule has 2 rings (SSSR count). The van der Waals surface area contributed by atoms with Crippen LogP contribution in [0.15, 0.2) is 41.1 Å². The second kappa shape index (κ2) is 6.20. The van der Waals surface area contributed by atoms with Crippen LogP contribution >= 0.6 is 11.3 Å². The molecule has 4 heteroatoms. The van der Waals surface area contributed by atoms with Crippen molar-refractivity contribution < 1.29 is 9.90 Å². The minimum atomic E-state index is -1.03. The van der Waals surface area contributed by atoms with E-state index in [1.165, 1.54) is 11.3 Å². The van der Waals surface area contributed by atoms with Crippen LogP contribution in [0.3, 0.4) is 0 Å². The highest BCUT2D eigenvalue weighted by Crippen LogP contribution is 2.22. The molecule has 1 atom stereocenters. The molecule has 106 valence electrons. The van der Waals surface area contributed by atoms with Gasteiger partial charge in [-0.15, -0.1) is 0 Å². The van der Waals surface area contributed by atoms with Gasteiger partial charge in [0.1, 0.15) is 5.60 Å². The monoisotopic (exact) mass is 289 g/mol. The summed E-state index contributed by atoms with van der Waals surface area (Å²) in [5.41, 5.74) is 1.92. The Hall–Kier alpha value is -1.65. The van der Waals surface area contributed by atoms with Crippen molar-refractivity contribution >= 4 is 17.2 Å². The molecule has 1 aromatic carbocycles. The number of aryl methyl sites for hydroxylation is 1. The Balaban J connectivity index is 1.91. The molecule has 0 bridgehead atoms. The molecule has 1 amide bonds. The number of amides is 1. The molecule has 1 unspecified atom stereocenters. The lowest BCUT2D eigenvalue weighted by Gasteiger charge is -2.22. The largest absolute Gasteiger partial charge is 0.384 e. The van der Waals surface area contributed by atoms with E-state index in [-0.39, 0.29) is 12.5 Å². The summed E-state index contributed by atoms with van der Waals surface area (Å²) in [6, 6.07) is 9.70. The molecule has 2 aromatic rings. The van der Waals surface area contributed by atoms with Crippen molar-refractivity contribution in [3.8, 4) is 0 Å². The topological polar surface area (TPSA) is 49.3 Å². The minimum Gasteiger partial charge on any atom is -0.384 e. The Kier molecular flexibility index (Phi) is 4.57. The zero-order valence-corrected chi connectivity index (χ0v) is 12.5. The van der Waals surface area contributed by atoms with Crippen LogP contribution in [0.25, 0.3) is 0 Å². The quantitative estimate of drug-likeness (QED) is 0.889. The van der Waals surface area contributed by atoms with Gasteiger partial charge in [0.2, 0.25) is 5.91 Å². The van der Waals surface area contributed by atoms with E-state index >= 15 is 0 Å². The van der Waals surface area contributed by atoms with Crippen molar-refractivity contribution in [3.05, 3.63) is 57.8 Å². The van der Waals surface area contributed by atoms with Crippen molar-refractivity contribution in [2.75, 3.05) is 6.54 Å². The number of hydrogen-bond acceptors (Lipinski definition) is 3. The van der Waals surface area contributed by atoms with Gasteiger partial charge < -0.3 is 10.4 Å². The van der Waals surface area contributed by atoms with Crippen LogP contribution in [0.5, 0.6) is 0 Å². The van der Waals surface area contributed by atoms with Crippen LogP contribution in [-0.4, -0.2) is 17.6 Å². The maximum Gasteiger partial charge on any atom is 0.224 e. The van der Waals surface area contributed by atoms with E-state index < -0.39 is 5.60 Å². The van der Waals surface area contributed by atoms with Gasteiger partial charge in [0, 0.05) is 0 Å². The fourth-order valence-electron chi connectivity index (χ4n) is 1.99. The van der Waals surface area contributed by atoms with Crippen molar-refractivity contribution in [1.29, 1.82) is 0 Å². The molecular weight excluding hydrogens is 270 g/mol. The van der Waals surface area contributed by atoms with E-state index in [4.69, 9.17) is 0 Å². The molecule has 0 aliphatic carbocycles. The van der Waals surface area contributed by atoms with Crippen LogP contribution in [0.4, 0.5) is 0 Å². The van der Waals surface area contributed by atoms with E-state index in [2.05, 4.69) is 5.32 Å². The summed E-state index contributed by atoms with van der Waals surface area (Å²) < 4.78 is 0. The second-order valence-corrected chi connectivity index (χ2v) is 5.95. The summed E-state index contributed by atoms with van der Waals surface area (Å²) in [5, 5.41) is 17.0. The van der Waals surface area contributed by atoms with Gasteiger partial charge in [-0.25, -0.2) is 0 Å². The Labute approximate surface area is 123 Å². The maximum atomic E-state index is 12.0. The first-order valence-electron chi connectivity index (χ1n) is 6.55. The Bertz CT molecular complexity index is 576. The third-order valence-electron chi connectivity index (χ3n) is 3.39. The summed E-state index contributed by atoms with van der Waals surface area (Å²) in [6.45, 7) is 3.92. The third-order valence-corrected chi connectivity index (χ3v) is 4.07. The van der Waals surface area contributed by atoms with Gasteiger partial charge in [-0.05, 0) is 47.4 Å². The van der Waals surface area contributed by atoms with E-state index in [9.17, 15) is 9.90 Å². The average Bonchev–Trinajstić information content (AvgIpc) is 2.94. The number of carbonyl (C=O) groups is 1. The lowest BCUT2D eigenvalue weighted by atomic mass is 9.99. The number of carbonyl (C=O) groups excluding carboxylic acids is 1. The van der Waals surface area contributed by atoms with Gasteiger partial charge in [0.05, 0.1) is 13.0 Å². The lowest BCUT2D eigenvalue weighted by Crippen LogP contribution is -2.39. The molecule has 0 aliphatic heterocycles. The first-order valence-corrected chi connectivity index (χ1v) is 7.49. The average molecular weight is 289 g/mol. The first kappa shape index (κ1) is 14.8. The van der Waals surface area contributed by atoms with Crippen LogP contribution in [-0.2, 0) is 16.8 Å². The highest BCUT2D eigenvalue weighted by atomic mass is 32.1. The molecular formula is C16H19NO2S. The standard InChI is InChI=1S/C16H19NO2S/c1-12-5-3-4-6-13(12)9-15(18)17-11-16(2,19)14-7-8-20-10-14/h3-8,10,19H,9,11H2,1-2H3,(H,17,18). The van der Waals surface area contributed by atoms with Gasteiger partial charge in [-0.1, -0.05) is 24.3 Å². The van der Waals surface area contributed by atoms with Crippen LogP contribution in [0.1, 0.15) is 23.6 Å². The molecule has 3 nitrogen and oxygen atoms in total. The predicted octanol–water partition coefficient (Wildman–Crippen LogP) is 2.62. The summed E-state index contributed by atoms with van der Waals surface area (Å²) in [7, 11) is 0. The second-order valence-electron chi connectivity index (χ2n) is 5.17. The van der Waals surface area contributed by atoms with Gasteiger partial charge in [0.15, 0.2) is 0 Å². The Morgan fingerprint density at radius 1 is 1.35 bits per heavy atom. The zero-order valence-electron chi connectivity index (χ0n) is 11.7. The van der Waals surface area contributed by atoms with Gasteiger partial charge in [-0.3, -0.25) is 4.79 Å². The fourth-order valence-corrected chi connectivity index (χ4v) is 2.77. The van der Waals surface area contributed by atoms with Crippen molar-refractivity contribution in [3.63, 3.8) is 0 Å². The van der Waals surface area contributed by atoms with Crippen LogP contribution < -0.4 is 5.32 Å². The summed E-state index contributed by atoms with van der Waals surface area (Å²) in [4.78, 5) is 12.0. The van der Waals surface area contributed by atoms with Gasteiger partial charge in [0.25, 0.3) is 0 Å². The number of benzene rings is 1. The van der Waals surface area contributed by atoms with E-state index in [0.717, 1.165) is 16.7 Å². The number of hydrogen-bond donors (Lipinski definition) is 2. The maximum absolute atomic E-state index is 12.0. The molecule has 20 heavy (non-hydrogen) atoms. The number of rotatable bonds is 5. The highest BCUT2D eigenvalue weighted by molar-refractivity contribution is 7.08. The molecule has 0 saturated heterocycles. The fraction of sp³-hybridized carbons (Fsp3) is 0.312. The molecule has 2 N–H and O–H groups in total. The normalized spacial score (nSPS) is 13.8. The van der Waals surface area contributed by atoms with Crippen molar-refractivity contribution in [2.45, 2.75) is 25.9 Å². The number of aliphatic hydroxyl groups is 1. The SMILES string of the molecule is Cc1ccccc1CC(=O)NCC(C)(O)c1ccsc1. The molecule has 0 aliphatic rings. The van der Waals surface area contributed by atoms with Crippen LogP contribution in [0, 0.1) is 6.92 Å². The van der Waals surface area contributed by atoms with Crippen molar-refractivity contribution in [1.82, 2.24) is 5.32 Å². The predicted molar refractivity (Wildman–Crippen MR) is 81.8 cm³/mol. The van der Waals surface area contributed by atoms with Crippen molar-refractivity contribution in [2.24, 2.45) is 0 Å². The minimum absolute atomic E-state index is 0.0743. The smallest absolute Gasteiger partial charge is 0.224 e. The van der Waals surface area contributed by atoms with E-state index in [1.54, 1.807) is 6.92 Å². The van der Waals surface area contributed by atoms with Gasteiger partial charge in [-0.2, -0.15) is 11.3 Å².